The number of aryl methyl sites for hydroxylation is 1. The van der Waals surface area contributed by atoms with Crippen LogP contribution in [0, 0.1) is 0 Å². The Morgan fingerprint density at radius 3 is 2.57 bits per heavy atom. The number of ether oxygens (including phenoxy) is 1. The molecule has 1 amide bonds. The number of primary amides is 1. The molecule has 0 saturated carbocycles. The standard InChI is InChI=1S/C17H17BrClNO3/c18-13-7-4-11(5-8-13)6-9-15(23-17(20)22)16(21)12-2-1-3-14(19)10-12/h1-5,7-8,10,15-16,21H,6,9H2,(H2,20,22)/t15?,16-/m1/s1. The van der Waals surface area contributed by atoms with Crippen LogP contribution in [0.15, 0.2) is 53.0 Å². The number of aliphatic hydroxyl groups excluding tert-OH is 1. The molecule has 0 aromatic heterocycles. The van der Waals surface area contributed by atoms with Gasteiger partial charge >= 0.3 is 6.09 Å². The van der Waals surface area contributed by atoms with Gasteiger partial charge in [0, 0.05) is 9.50 Å². The van der Waals surface area contributed by atoms with E-state index in [0.29, 0.717) is 23.4 Å². The Morgan fingerprint density at radius 2 is 1.96 bits per heavy atom. The molecule has 0 radical (unpaired) electrons. The Hall–Kier alpha value is -1.56. The summed E-state index contributed by atoms with van der Waals surface area (Å²) < 4.78 is 6.08. The number of benzene rings is 2. The number of carbonyl (C=O) groups excluding carboxylic acids is 1. The molecule has 0 aliphatic heterocycles. The first-order valence-electron chi connectivity index (χ1n) is 7.10. The van der Waals surface area contributed by atoms with Gasteiger partial charge in [-0.25, -0.2) is 4.79 Å². The van der Waals surface area contributed by atoms with Crippen molar-refractivity contribution < 1.29 is 14.6 Å². The molecule has 6 heteroatoms. The van der Waals surface area contributed by atoms with Gasteiger partial charge in [-0.2, -0.15) is 0 Å². The first-order valence-corrected chi connectivity index (χ1v) is 8.27. The van der Waals surface area contributed by atoms with E-state index in [2.05, 4.69) is 15.9 Å². The summed E-state index contributed by atoms with van der Waals surface area (Å²) in [6.45, 7) is 0. The van der Waals surface area contributed by atoms with Gasteiger partial charge < -0.3 is 15.6 Å². The second kappa shape index (κ2) is 8.34. The van der Waals surface area contributed by atoms with Crippen molar-refractivity contribution in [3.63, 3.8) is 0 Å². The normalized spacial score (nSPS) is 13.3. The van der Waals surface area contributed by atoms with Crippen LogP contribution in [0.1, 0.15) is 23.7 Å². The van der Waals surface area contributed by atoms with Gasteiger partial charge in [0.2, 0.25) is 0 Å². The summed E-state index contributed by atoms with van der Waals surface area (Å²) in [6, 6.07) is 14.6. The van der Waals surface area contributed by atoms with E-state index >= 15 is 0 Å². The molecule has 122 valence electrons. The summed E-state index contributed by atoms with van der Waals surface area (Å²) >= 11 is 9.32. The number of nitrogens with two attached hydrogens (primary N) is 1. The van der Waals surface area contributed by atoms with Crippen molar-refractivity contribution in [2.75, 3.05) is 0 Å². The summed E-state index contributed by atoms with van der Waals surface area (Å²) in [5.41, 5.74) is 6.78. The van der Waals surface area contributed by atoms with Gasteiger partial charge in [0.05, 0.1) is 0 Å². The van der Waals surface area contributed by atoms with Gasteiger partial charge in [0.25, 0.3) is 0 Å². The maximum Gasteiger partial charge on any atom is 0.404 e. The average molecular weight is 399 g/mol. The lowest BCUT2D eigenvalue weighted by atomic mass is 9.98. The molecular weight excluding hydrogens is 382 g/mol. The van der Waals surface area contributed by atoms with Gasteiger partial charge in [-0.1, -0.05) is 51.8 Å². The topological polar surface area (TPSA) is 72.6 Å². The molecule has 0 spiro atoms. The molecular formula is C17H17BrClNO3. The highest BCUT2D eigenvalue weighted by Crippen LogP contribution is 2.25. The molecule has 0 aliphatic rings. The van der Waals surface area contributed by atoms with E-state index in [4.69, 9.17) is 22.1 Å². The van der Waals surface area contributed by atoms with Crippen LogP contribution in [-0.2, 0) is 11.2 Å². The molecule has 4 nitrogen and oxygen atoms in total. The Morgan fingerprint density at radius 1 is 1.26 bits per heavy atom. The molecule has 0 aliphatic carbocycles. The van der Waals surface area contributed by atoms with E-state index in [1.54, 1.807) is 24.3 Å². The highest BCUT2D eigenvalue weighted by atomic mass is 79.9. The summed E-state index contributed by atoms with van der Waals surface area (Å²) in [5, 5.41) is 11.0. The fraction of sp³-hybridized carbons (Fsp3) is 0.235. The minimum atomic E-state index is -0.989. The zero-order valence-electron chi connectivity index (χ0n) is 12.3. The van der Waals surface area contributed by atoms with Crippen LogP contribution < -0.4 is 5.73 Å². The number of hydrogen-bond acceptors (Lipinski definition) is 3. The van der Waals surface area contributed by atoms with Crippen molar-refractivity contribution in [1.29, 1.82) is 0 Å². The van der Waals surface area contributed by atoms with Crippen LogP contribution in [0.5, 0.6) is 0 Å². The highest BCUT2D eigenvalue weighted by Gasteiger charge is 2.24. The van der Waals surface area contributed by atoms with Gasteiger partial charge in [-0.05, 0) is 48.2 Å². The smallest absolute Gasteiger partial charge is 0.404 e. The maximum absolute atomic E-state index is 11.1. The van der Waals surface area contributed by atoms with Crippen LogP contribution in [0.3, 0.4) is 0 Å². The van der Waals surface area contributed by atoms with Crippen molar-refractivity contribution in [3.05, 3.63) is 69.2 Å². The fourth-order valence-electron chi connectivity index (χ4n) is 2.30. The van der Waals surface area contributed by atoms with E-state index < -0.39 is 18.3 Å². The summed E-state index contributed by atoms with van der Waals surface area (Å²) in [7, 11) is 0. The van der Waals surface area contributed by atoms with Crippen molar-refractivity contribution in [2.24, 2.45) is 5.73 Å². The zero-order valence-corrected chi connectivity index (χ0v) is 14.6. The van der Waals surface area contributed by atoms with E-state index in [-0.39, 0.29) is 0 Å². The maximum atomic E-state index is 11.1. The summed E-state index contributed by atoms with van der Waals surface area (Å²) in [5.74, 6) is 0. The van der Waals surface area contributed by atoms with Crippen molar-refractivity contribution in [2.45, 2.75) is 25.0 Å². The third-order valence-electron chi connectivity index (χ3n) is 3.44. The van der Waals surface area contributed by atoms with Crippen molar-refractivity contribution >= 4 is 33.6 Å². The van der Waals surface area contributed by atoms with E-state index in [0.717, 1.165) is 10.0 Å². The van der Waals surface area contributed by atoms with Crippen LogP contribution in [0.25, 0.3) is 0 Å². The lowest BCUT2D eigenvalue weighted by molar-refractivity contribution is 0.000958. The Balaban J connectivity index is 2.09. The quantitative estimate of drug-likeness (QED) is 0.764. The number of aliphatic hydroxyl groups is 1. The number of hydrogen-bond donors (Lipinski definition) is 2. The number of halogens is 2. The minimum absolute atomic E-state index is 0.443. The first-order chi connectivity index (χ1) is 11.0. The SMILES string of the molecule is NC(=O)OC(CCc1ccc(Br)cc1)[C@H](O)c1cccc(Cl)c1. The largest absolute Gasteiger partial charge is 0.443 e. The Bertz CT molecular complexity index is 663. The van der Waals surface area contributed by atoms with Crippen LogP contribution in [0.4, 0.5) is 4.79 Å². The predicted octanol–water partition coefficient (Wildman–Crippen LogP) is 4.23. The third-order valence-corrected chi connectivity index (χ3v) is 4.20. The lowest BCUT2D eigenvalue weighted by Gasteiger charge is -2.23. The Labute approximate surface area is 148 Å². The van der Waals surface area contributed by atoms with Crippen LogP contribution in [0.2, 0.25) is 5.02 Å². The molecule has 3 N–H and O–H groups in total. The van der Waals surface area contributed by atoms with Crippen LogP contribution >= 0.6 is 27.5 Å². The minimum Gasteiger partial charge on any atom is -0.443 e. The van der Waals surface area contributed by atoms with Gasteiger partial charge in [0.15, 0.2) is 0 Å². The predicted molar refractivity (Wildman–Crippen MR) is 93.3 cm³/mol. The van der Waals surface area contributed by atoms with E-state index in [1.807, 2.05) is 24.3 Å². The molecule has 2 rings (SSSR count). The van der Waals surface area contributed by atoms with Crippen molar-refractivity contribution in [3.8, 4) is 0 Å². The van der Waals surface area contributed by atoms with E-state index in [1.165, 1.54) is 0 Å². The molecule has 2 atom stereocenters. The van der Waals surface area contributed by atoms with Gasteiger partial charge in [-0.3, -0.25) is 0 Å². The molecule has 0 bridgehead atoms. The molecule has 0 saturated heterocycles. The number of amides is 1. The molecule has 2 aromatic carbocycles. The molecule has 0 heterocycles. The van der Waals surface area contributed by atoms with Crippen molar-refractivity contribution in [1.82, 2.24) is 0 Å². The summed E-state index contributed by atoms with van der Waals surface area (Å²) in [6.07, 6.45) is -1.56. The Kier molecular flexibility index (Phi) is 6.45. The van der Waals surface area contributed by atoms with Gasteiger partial charge in [0.1, 0.15) is 12.2 Å². The fourth-order valence-corrected chi connectivity index (χ4v) is 2.76. The molecule has 2 aromatic rings. The highest BCUT2D eigenvalue weighted by molar-refractivity contribution is 9.10. The molecule has 1 unspecified atom stereocenters. The van der Waals surface area contributed by atoms with E-state index in [9.17, 15) is 9.90 Å². The number of carbonyl (C=O) groups is 1. The second-order valence-electron chi connectivity index (χ2n) is 5.14. The lowest BCUT2D eigenvalue weighted by Crippen LogP contribution is -2.29. The van der Waals surface area contributed by atoms with Gasteiger partial charge in [-0.15, -0.1) is 0 Å². The average Bonchev–Trinajstić information content (AvgIpc) is 2.52. The molecule has 23 heavy (non-hydrogen) atoms. The second-order valence-corrected chi connectivity index (χ2v) is 6.49. The number of rotatable bonds is 6. The third kappa shape index (κ3) is 5.53. The zero-order chi connectivity index (χ0) is 16.8. The molecule has 0 fully saturated rings. The first kappa shape index (κ1) is 17.8. The van der Waals surface area contributed by atoms with Crippen LogP contribution in [-0.4, -0.2) is 17.3 Å². The monoisotopic (exact) mass is 397 g/mol. The summed E-state index contributed by atoms with van der Waals surface area (Å²) in [4.78, 5) is 11.1.